The monoisotopic (exact) mass is 358 g/mol. The molecule has 4 rings (SSSR count). The van der Waals surface area contributed by atoms with E-state index in [2.05, 4.69) is 5.43 Å². The Hall–Kier alpha value is -2.45. The largest absolute Gasteiger partial charge is 0.379 e. The van der Waals surface area contributed by atoms with Gasteiger partial charge in [-0.2, -0.15) is 0 Å². The van der Waals surface area contributed by atoms with Crippen molar-refractivity contribution in [2.75, 3.05) is 19.8 Å². The summed E-state index contributed by atoms with van der Waals surface area (Å²) in [5.74, 6) is 4.79. The van der Waals surface area contributed by atoms with Crippen LogP contribution in [0.4, 0.5) is 0 Å². The van der Waals surface area contributed by atoms with Crippen LogP contribution >= 0.6 is 0 Å². The molecule has 0 saturated carbocycles. The normalized spacial score (nSPS) is 25.6. The van der Waals surface area contributed by atoms with E-state index in [1.165, 1.54) is 0 Å². The maximum atomic E-state index is 13.0. The fourth-order valence-corrected chi connectivity index (χ4v) is 4.21. The van der Waals surface area contributed by atoms with E-state index in [1.807, 2.05) is 9.80 Å². The summed E-state index contributed by atoms with van der Waals surface area (Å²) >= 11 is 0. The zero-order valence-corrected chi connectivity index (χ0v) is 14.4. The van der Waals surface area contributed by atoms with Gasteiger partial charge in [0.2, 0.25) is 5.91 Å². The lowest BCUT2D eigenvalue weighted by Gasteiger charge is -2.42. The first-order chi connectivity index (χ1) is 12.6. The third kappa shape index (κ3) is 2.75. The second kappa shape index (κ2) is 6.69. The van der Waals surface area contributed by atoms with E-state index in [1.54, 1.807) is 18.2 Å². The van der Waals surface area contributed by atoms with Crippen LogP contribution in [0, 0.1) is 0 Å². The highest BCUT2D eigenvalue weighted by molar-refractivity contribution is 6.02. The number of likely N-dealkylation sites (tertiary alicyclic amines) is 1. The van der Waals surface area contributed by atoms with Gasteiger partial charge in [0.05, 0.1) is 18.7 Å². The molecular formula is C18H22N4O4. The summed E-state index contributed by atoms with van der Waals surface area (Å²) < 4.78 is 5.61. The van der Waals surface area contributed by atoms with Crippen LogP contribution in [0.5, 0.6) is 0 Å². The maximum Gasteiger partial charge on any atom is 0.265 e. The van der Waals surface area contributed by atoms with E-state index in [9.17, 15) is 14.4 Å². The molecule has 1 aromatic rings. The number of nitrogens with two attached hydrogens (primary N) is 1. The number of carbonyl (C=O) groups excluding carboxylic acids is 3. The maximum absolute atomic E-state index is 13.0. The van der Waals surface area contributed by atoms with Crippen molar-refractivity contribution in [1.29, 1.82) is 0 Å². The smallest absolute Gasteiger partial charge is 0.265 e. The fourth-order valence-electron chi connectivity index (χ4n) is 4.21. The molecule has 0 aromatic heterocycles. The standard InChI is InChI=1S/C18H22N4O4/c19-20-17(24)11-3-4-12-9-22(18(25)13(12)8-11)14-5-7-26-10-15(14)21-6-1-2-16(21)23/h3-4,8,14-15H,1-2,5-7,9-10,19H2,(H,20,24)/t14-,15-/m1/s1. The number of benzene rings is 1. The van der Waals surface area contributed by atoms with Gasteiger partial charge in [-0.25, -0.2) is 5.84 Å². The molecule has 2 fully saturated rings. The summed E-state index contributed by atoms with van der Waals surface area (Å²) in [5, 5.41) is 0. The Morgan fingerprint density at radius 1 is 1.23 bits per heavy atom. The Morgan fingerprint density at radius 3 is 2.81 bits per heavy atom. The van der Waals surface area contributed by atoms with E-state index in [0.717, 1.165) is 18.5 Å². The van der Waals surface area contributed by atoms with E-state index in [0.29, 0.717) is 43.7 Å². The minimum Gasteiger partial charge on any atom is -0.379 e. The number of rotatable bonds is 3. The molecule has 0 unspecified atom stereocenters. The van der Waals surface area contributed by atoms with Gasteiger partial charge in [-0.05, 0) is 30.5 Å². The molecule has 3 N–H and O–H groups in total. The van der Waals surface area contributed by atoms with Gasteiger partial charge in [0.15, 0.2) is 0 Å². The lowest BCUT2D eigenvalue weighted by atomic mass is 10.00. The van der Waals surface area contributed by atoms with Gasteiger partial charge in [-0.3, -0.25) is 19.8 Å². The highest BCUT2D eigenvalue weighted by Gasteiger charge is 2.42. The van der Waals surface area contributed by atoms with Crippen molar-refractivity contribution >= 4 is 17.7 Å². The lowest BCUT2D eigenvalue weighted by molar-refractivity contribution is -0.134. The number of fused-ring (bicyclic) bond motifs is 1. The SMILES string of the molecule is NNC(=O)c1ccc2c(c1)C(=O)N([C@@H]1CCOC[C@H]1N1CCCC1=O)C2. The van der Waals surface area contributed by atoms with Crippen LogP contribution in [0.1, 0.15) is 45.5 Å². The summed E-state index contributed by atoms with van der Waals surface area (Å²) in [4.78, 5) is 40.7. The van der Waals surface area contributed by atoms with Crippen molar-refractivity contribution in [1.82, 2.24) is 15.2 Å². The molecule has 0 radical (unpaired) electrons. The zero-order valence-electron chi connectivity index (χ0n) is 14.4. The Kier molecular flexibility index (Phi) is 4.37. The van der Waals surface area contributed by atoms with Crippen LogP contribution in [0.15, 0.2) is 18.2 Å². The summed E-state index contributed by atoms with van der Waals surface area (Å²) in [7, 11) is 0. The van der Waals surface area contributed by atoms with Gasteiger partial charge in [-0.15, -0.1) is 0 Å². The minimum atomic E-state index is -0.425. The quantitative estimate of drug-likeness (QED) is 0.450. The van der Waals surface area contributed by atoms with Crippen LogP contribution in [-0.4, -0.2) is 59.4 Å². The van der Waals surface area contributed by atoms with E-state index in [-0.39, 0.29) is 23.9 Å². The summed E-state index contributed by atoms with van der Waals surface area (Å²) in [6.45, 7) is 2.24. The Bertz CT molecular complexity index is 766. The molecule has 0 spiro atoms. The highest BCUT2D eigenvalue weighted by Crippen LogP contribution is 2.31. The number of nitrogens with zero attached hydrogens (tertiary/aromatic N) is 2. The molecular weight excluding hydrogens is 336 g/mol. The van der Waals surface area contributed by atoms with Gasteiger partial charge in [0.1, 0.15) is 0 Å². The number of nitrogen functional groups attached to an aromatic ring is 1. The molecule has 0 bridgehead atoms. The van der Waals surface area contributed by atoms with E-state index >= 15 is 0 Å². The number of carbonyl (C=O) groups is 3. The van der Waals surface area contributed by atoms with Gasteiger partial charge >= 0.3 is 0 Å². The van der Waals surface area contributed by atoms with Crippen LogP contribution in [0.25, 0.3) is 0 Å². The van der Waals surface area contributed by atoms with Crippen molar-refractivity contribution in [3.05, 3.63) is 34.9 Å². The molecule has 8 heteroatoms. The Morgan fingerprint density at radius 2 is 2.08 bits per heavy atom. The third-order valence-electron chi connectivity index (χ3n) is 5.54. The van der Waals surface area contributed by atoms with Crippen molar-refractivity contribution in [3.63, 3.8) is 0 Å². The zero-order chi connectivity index (χ0) is 18.3. The summed E-state index contributed by atoms with van der Waals surface area (Å²) in [5.41, 5.74) is 3.87. The van der Waals surface area contributed by atoms with Crippen molar-refractivity contribution in [2.24, 2.45) is 5.84 Å². The van der Waals surface area contributed by atoms with Crippen LogP contribution < -0.4 is 11.3 Å². The average molecular weight is 358 g/mol. The first-order valence-corrected chi connectivity index (χ1v) is 8.92. The topological polar surface area (TPSA) is 105 Å². The molecule has 26 heavy (non-hydrogen) atoms. The Labute approximate surface area is 151 Å². The second-order valence-corrected chi connectivity index (χ2v) is 6.97. The van der Waals surface area contributed by atoms with Crippen LogP contribution in [0.3, 0.4) is 0 Å². The van der Waals surface area contributed by atoms with Gasteiger partial charge in [0.25, 0.3) is 11.8 Å². The molecule has 3 aliphatic rings. The molecule has 2 atom stereocenters. The Balaban J connectivity index is 1.60. The molecule has 0 aliphatic carbocycles. The summed E-state index contributed by atoms with van der Waals surface area (Å²) in [6, 6.07) is 4.88. The second-order valence-electron chi connectivity index (χ2n) is 6.97. The number of hydrazine groups is 1. The van der Waals surface area contributed by atoms with Crippen LogP contribution in [-0.2, 0) is 16.1 Å². The van der Waals surface area contributed by atoms with Crippen molar-refractivity contribution < 1.29 is 19.1 Å². The molecule has 1 aromatic carbocycles. The summed E-state index contributed by atoms with van der Waals surface area (Å²) in [6.07, 6.45) is 2.12. The van der Waals surface area contributed by atoms with E-state index in [4.69, 9.17) is 10.6 Å². The molecule has 8 nitrogen and oxygen atoms in total. The third-order valence-corrected chi connectivity index (χ3v) is 5.54. The first-order valence-electron chi connectivity index (χ1n) is 8.92. The highest BCUT2D eigenvalue weighted by atomic mass is 16.5. The van der Waals surface area contributed by atoms with Crippen molar-refractivity contribution in [2.45, 2.75) is 37.9 Å². The molecule has 3 amide bonds. The van der Waals surface area contributed by atoms with Gasteiger partial charge in [0, 0.05) is 37.2 Å². The number of amides is 3. The number of hydrogen-bond acceptors (Lipinski definition) is 5. The number of hydrogen-bond donors (Lipinski definition) is 2. The van der Waals surface area contributed by atoms with Crippen LogP contribution in [0.2, 0.25) is 0 Å². The fraction of sp³-hybridized carbons (Fsp3) is 0.500. The average Bonchev–Trinajstić information content (AvgIpc) is 3.24. The lowest BCUT2D eigenvalue weighted by Crippen LogP contribution is -2.57. The minimum absolute atomic E-state index is 0.0718. The molecule has 3 heterocycles. The number of ether oxygens (including phenoxy) is 1. The first kappa shape index (κ1) is 17.0. The molecule has 3 aliphatic heterocycles. The predicted octanol–water partition coefficient (Wildman–Crippen LogP) is 0.0258. The molecule has 2 saturated heterocycles. The van der Waals surface area contributed by atoms with Gasteiger partial charge < -0.3 is 14.5 Å². The van der Waals surface area contributed by atoms with Crippen molar-refractivity contribution in [3.8, 4) is 0 Å². The van der Waals surface area contributed by atoms with Gasteiger partial charge in [-0.1, -0.05) is 6.07 Å². The predicted molar refractivity (Wildman–Crippen MR) is 91.9 cm³/mol. The molecule has 138 valence electrons. The van der Waals surface area contributed by atoms with E-state index < -0.39 is 5.91 Å². The number of nitrogens with one attached hydrogen (secondary N) is 1.